The van der Waals surface area contributed by atoms with Gasteiger partial charge in [0.2, 0.25) is 0 Å². The Kier molecular flexibility index (Phi) is 5.41. The highest BCUT2D eigenvalue weighted by molar-refractivity contribution is 7.90. The number of nitrogens with zero attached hydrogens (tertiary/aromatic N) is 1. The van der Waals surface area contributed by atoms with Gasteiger partial charge in [0.15, 0.2) is 16.4 Å². The number of rotatable bonds is 4. The van der Waals surface area contributed by atoms with E-state index in [1.807, 2.05) is 6.92 Å². The Morgan fingerprint density at radius 1 is 1.22 bits per heavy atom. The highest BCUT2D eigenvalue weighted by Gasteiger charge is 2.24. The zero-order valence-corrected chi connectivity index (χ0v) is 14.1. The summed E-state index contributed by atoms with van der Waals surface area (Å²) in [5, 5.41) is 0. The molecule has 0 saturated carbocycles. The molecule has 1 aromatic rings. The predicted octanol–water partition coefficient (Wildman–Crippen LogP) is 1.65. The minimum atomic E-state index is -3.30. The number of likely N-dealkylation sites (tertiary alicyclic amines) is 1. The molecule has 0 spiro atoms. The molecule has 1 fully saturated rings. The van der Waals surface area contributed by atoms with Crippen LogP contribution in [0.2, 0.25) is 0 Å². The molecule has 1 heterocycles. The van der Waals surface area contributed by atoms with E-state index in [2.05, 4.69) is 0 Å². The lowest BCUT2D eigenvalue weighted by atomic mass is 10.0. The van der Waals surface area contributed by atoms with E-state index < -0.39 is 15.8 Å². The molecule has 1 aliphatic rings. The first-order chi connectivity index (χ1) is 10.8. The summed E-state index contributed by atoms with van der Waals surface area (Å²) >= 11 is 0. The summed E-state index contributed by atoms with van der Waals surface area (Å²) in [6.45, 7) is 2.39. The second-order valence-corrected chi connectivity index (χ2v) is 7.82. The van der Waals surface area contributed by atoms with Gasteiger partial charge >= 0.3 is 5.97 Å². The fourth-order valence-electron chi connectivity index (χ4n) is 2.60. The van der Waals surface area contributed by atoms with Gasteiger partial charge in [-0.15, -0.1) is 0 Å². The van der Waals surface area contributed by atoms with Crippen LogP contribution in [0.1, 0.15) is 36.5 Å². The summed E-state index contributed by atoms with van der Waals surface area (Å²) in [5.41, 5.74) is 0.219. The van der Waals surface area contributed by atoms with E-state index in [0.717, 1.165) is 25.5 Å². The fraction of sp³-hybridized carbons (Fsp3) is 0.500. The molecule has 0 bridgehead atoms. The summed E-state index contributed by atoms with van der Waals surface area (Å²) in [7, 11) is -3.30. The van der Waals surface area contributed by atoms with Gasteiger partial charge in [0.1, 0.15) is 0 Å². The van der Waals surface area contributed by atoms with Gasteiger partial charge < -0.3 is 9.64 Å². The Balaban J connectivity index is 1.93. The molecule has 1 aromatic carbocycles. The second kappa shape index (κ2) is 7.12. The molecule has 0 radical (unpaired) electrons. The van der Waals surface area contributed by atoms with Gasteiger partial charge in [-0.1, -0.05) is 0 Å². The molecule has 2 rings (SSSR count). The Morgan fingerprint density at radius 3 is 2.43 bits per heavy atom. The smallest absolute Gasteiger partial charge is 0.338 e. The molecule has 0 aliphatic carbocycles. The van der Waals surface area contributed by atoms with Crippen LogP contribution in [0.5, 0.6) is 0 Å². The highest BCUT2D eigenvalue weighted by atomic mass is 32.2. The molecule has 0 unspecified atom stereocenters. The lowest BCUT2D eigenvalue weighted by Crippen LogP contribution is -2.44. The zero-order valence-electron chi connectivity index (χ0n) is 13.3. The number of hydrogen-bond acceptors (Lipinski definition) is 5. The van der Waals surface area contributed by atoms with Crippen LogP contribution in [-0.4, -0.2) is 50.6 Å². The monoisotopic (exact) mass is 339 g/mol. The number of carbonyl (C=O) groups excluding carboxylic acids is 2. The third-order valence-electron chi connectivity index (χ3n) is 3.97. The topological polar surface area (TPSA) is 80.8 Å². The number of hydrogen-bond donors (Lipinski definition) is 0. The predicted molar refractivity (Wildman–Crippen MR) is 84.9 cm³/mol. The highest BCUT2D eigenvalue weighted by Crippen LogP contribution is 2.16. The third kappa shape index (κ3) is 4.54. The van der Waals surface area contributed by atoms with Crippen molar-refractivity contribution in [2.45, 2.75) is 37.1 Å². The molecule has 1 saturated heterocycles. The Hall–Kier alpha value is -1.89. The molecule has 0 aromatic heterocycles. The van der Waals surface area contributed by atoms with Gasteiger partial charge in [0, 0.05) is 18.8 Å². The van der Waals surface area contributed by atoms with Crippen LogP contribution < -0.4 is 0 Å². The van der Waals surface area contributed by atoms with E-state index in [0.29, 0.717) is 6.54 Å². The number of amides is 1. The van der Waals surface area contributed by atoms with Crippen LogP contribution in [0.4, 0.5) is 0 Å². The number of carbonyl (C=O) groups is 2. The number of benzene rings is 1. The van der Waals surface area contributed by atoms with Crippen LogP contribution in [0.15, 0.2) is 29.2 Å². The van der Waals surface area contributed by atoms with Gasteiger partial charge in [-0.3, -0.25) is 4.79 Å². The average molecular weight is 339 g/mol. The third-order valence-corrected chi connectivity index (χ3v) is 5.10. The van der Waals surface area contributed by atoms with Crippen molar-refractivity contribution in [3.63, 3.8) is 0 Å². The van der Waals surface area contributed by atoms with E-state index >= 15 is 0 Å². The van der Waals surface area contributed by atoms with E-state index in [1.54, 1.807) is 4.90 Å². The maximum absolute atomic E-state index is 12.1. The zero-order chi connectivity index (χ0) is 17.0. The number of ether oxygens (including phenoxy) is 1. The van der Waals surface area contributed by atoms with Crippen molar-refractivity contribution in [3.8, 4) is 0 Å². The van der Waals surface area contributed by atoms with Crippen LogP contribution >= 0.6 is 0 Å². The summed E-state index contributed by atoms with van der Waals surface area (Å²) < 4.78 is 27.8. The summed E-state index contributed by atoms with van der Waals surface area (Å²) in [5.74, 6) is -0.832. The van der Waals surface area contributed by atoms with Gasteiger partial charge in [-0.2, -0.15) is 0 Å². The van der Waals surface area contributed by atoms with E-state index in [9.17, 15) is 18.0 Å². The molecule has 1 atom stereocenters. The van der Waals surface area contributed by atoms with Crippen LogP contribution in [0.3, 0.4) is 0 Å². The van der Waals surface area contributed by atoms with Crippen LogP contribution in [0, 0.1) is 0 Å². The molecule has 126 valence electrons. The summed E-state index contributed by atoms with van der Waals surface area (Å²) in [6.07, 6.45) is 4.14. The first-order valence-electron chi connectivity index (χ1n) is 7.56. The SMILES string of the molecule is C[C@@H]1CCCCN1C(=O)COC(=O)c1ccc(S(C)(=O)=O)cc1. The van der Waals surface area contributed by atoms with Crippen molar-refractivity contribution in [2.24, 2.45) is 0 Å². The van der Waals surface area contributed by atoms with Gasteiger partial charge in [-0.25, -0.2) is 13.2 Å². The molecule has 23 heavy (non-hydrogen) atoms. The van der Waals surface area contributed by atoms with Crippen molar-refractivity contribution in [3.05, 3.63) is 29.8 Å². The molecule has 7 heteroatoms. The molecule has 6 nitrogen and oxygen atoms in total. The number of esters is 1. The first-order valence-corrected chi connectivity index (χ1v) is 9.45. The maximum Gasteiger partial charge on any atom is 0.338 e. The van der Waals surface area contributed by atoms with Crippen molar-refractivity contribution in [1.82, 2.24) is 4.90 Å². The average Bonchev–Trinajstić information content (AvgIpc) is 2.52. The standard InChI is InChI=1S/C16H21NO5S/c1-12-5-3-4-10-17(12)15(18)11-22-16(19)13-6-8-14(9-7-13)23(2,20)21/h6-9,12H,3-5,10-11H2,1-2H3/t12-/m1/s1. The van der Waals surface area contributed by atoms with E-state index in [-0.39, 0.29) is 29.0 Å². The number of piperidine rings is 1. The Morgan fingerprint density at radius 2 is 1.87 bits per heavy atom. The van der Waals surface area contributed by atoms with Crippen LogP contribution in [0.25, 0.3) is 0 Å². The summed E-state index contributed by atoms with van der Waals surface area (Å²) in [6, 6.07) is 5.63. The van der Waals surface area contributed by atoms with E-state index in [1.165, 1.54) is 24.3 Å². The normalized spacial score (nSPS) is 18.5. The van der Waals surface area contributed by atoms with Crippen molar-refractivity contribution >= 4 is 21.7 Å². The van der Waals surface area contributed by atoms with Gasteiger partial charge in [-0.05, 0) is 50.5 Å². The van der Waals surface area contributed by atoms with Crippen molar-refractivity contribution < 1.29 is 22.7 Å². The lowest BCUT2D eigenvalue weighted by molar-refractivity contribution is -0.137. The largest absolute Gasteiger partial charge is 0.452 e. The minimum Gasteiger partial charge on any atom is -0.452 e. The fourth-order valence-corrected chi connectivity index (χ4v) is 3.23. The number of sulfone groups is 1. The first kappa shape index (κ1) is 17.5. The summed E-state index contributed by atoms with van der Waals surface area (Å²) in [4.78, 5) is 25.9. The van der Waals surface area contributed by atoms with Crippen LogP contribution in [-0.2, 0) is 19.4 Å². The van der Waals surface area contributed by atoms with Crippen molar-refractivity contribution in [2.75, 3.05) is 19.4 Å². The van der Waals surface area contributed by atoms with Crippen molar-refractivity contribution in [1.29, 1.82) is 0 Å². The lowest BCUT2D eigenvalue weighted by Gasteiger charge is -2.33. The van der Waals surface area contributed by atoms with Gasteiger partial charge in [0.05, 0.1) is 10.5 Å². The molecular weight excluding hydrogens is 318 g/mol. The molecule has 1 amide bonds. The molecular formula is C16H21NO5S. The van der Waals surface area contributed by atoms with E-state index in [4.69, 9.17) is 4.74 Å². The van der Waals surface area contributed by atoms with Gasteiger partial charge in [0.25, 0.3) is 5.91 Å². The quantitative estimate of drug-likeness (QED) is 0.779. The second-order valence-electron chi connectivity index (χ2n) is 5.80. The maximum atomic E-state index is 12.1. The molecule has 1 aliphatic heterocycles. The molecule has 0 N–H and O–H groups in total. The Labute approximate surface area is 136 Å². The minimum absolute atomic E-state index is 0.132. The Bertz CT molecular complexity index is 681.